The maximum atomic E-state index is 5.27. The van der Waals surface area contributed by atoms with Crippen molar-refractivity contribution in [2.24, 2.45) is 5.92 Å². The van der Waals surface area contributed by atoms with Crippen LogP contribution >= 0.6 is 0 Å². The summed E-state index contributed by atoms with van der Waals surface area (Å²) in [5, 5.41) is 0. The summed E-state index contributed by atoms with van der Waals surface area (Å²) >= 11 is 0. The number of ether oxygens (including phenoxy) is 1. The van der Waals surface area contributed by atoms with E-state index in [-0.39, 0.29) is 6.10 Å². The molecule has 1 aliphatic rings. The van der Waals surface area contributed by atoms with Crippen molar-refractivity contribution in [2.75, 3.05) is 7.11 Å². The van der Waals surface area contributed by atoms with Crippen LogP contribution in [0.25, 0.3) is 6.08 Å². The zero-order valence-electron chi connectivity index (χ0n) is 10.5. The number of methoxy groups -OCH3 is 1. The van der Waals surface area contributed by atoms with Gasteiger partial charge in [-0.15, -0.1) is 0 Å². The molecule has 0 radical (unpaired) electrons. The first-order valence-corrected chi connectivity index (χ1v) is 5.94. The zero-order valence-corrected chi connectivity index (χ0v) is 10.5. The normalized spacial score (nSPS) is 17.2. The molecule has 0 aliphatic heterocycles. The Morgan fingerprint density at radius 1 is 1.31 bits per heavy atom. The van der Waals surface area contributed by atoms with Crippen molar-refractivity contribution in [3.05, 3.63) is 22.8 Å². The Balaban J connectivity index is 2.29. The molecule has 0 spiro atoms. The summed E-state index contributed by atoms with van der Waals surface area (Å²) in [6.45, 7) is 6.49. The van der Waals surface area contributed by atoms with Crippen LogP contribution in [0.3, 0.4) is 0 Å². The lowest BCUT2D eigenvalue weighted by molar-refractivity contribution is 0.112. The van der Waals surface area contributed by atoms with Crippen molar-refractivity contribution in [1.29, 1.82) is 0 Å². The Hall–Kier alpha value is -1.09. The molecule has 0 fully saturated rings. The molecule has 16 heavy (non-hydrogen) atoms. The van der Waals surface area contributed by atoms with E-state index in [9.17, 15) is 0 Å². The highest BCUT2D eigenvalue weighted by Gasteiger charge is 2.18. The lowest BCUT2D eigenvalue weighted by atomic mass is 9.92. The van der Waals surface area contributed by atoms with Gasteiger partial charge in [-0.25, -0.2) is 4.98 Å². The van der Waals surface area contributed by atoms with Crippen LogP contribution in [0.1, 0.15) is 50.5 Å². The minimum absolute atomic E-state index is 0.0431. The van der Waals surface area contributed by atoms with Gasteiger partial charge in [0.2, 0.25) is 0 Å². The van der Waals surface area contributed by atoms with Gasteiger partial charge >= 0.3 is 0 Å². The molecule has 0 aromatic carbocycles. The standard InChI is InChI=1S/C13H20N2O/c1-8(2)10-5-6-11-12(7-10)15-13(14-11)9(3)16-4/h7-9H,5-6H2,1-4H3,(H,14,15). The van der Waals surface area contributed by atoms with Gasteiger partial charge in [0, 0.05) is 12.8 Å². The van der Waals surface area contributed by atoms with Crippen LogP contribution in [-0.2, 0) is 11.2 Å². The average molecular weight is 220 g/mol. The fraction of sp³-hybridized carbons (Fsp3) is 0.615. The Kier molecular flexibility index (Phi) is 3.15. The smallest absolute Gasteiger partial charge is 0.135 e. The molecule has 3 heteroatoms. The predicted molar refractivity (Wildman–Crippen MR) is 65.1 cm³/mol. The van der Waals surface area contributed by atoms with E-state index in [4.69, 9.17) is 4.74 Å². The zero-order chi connectivity index (χ0) is 11.7. The first kappa shape index (κ1) is 11.4. The first-order valence-electron chi connectivity index (χ1n) is 5.94. The summed E-state index contributed by atoms with van der Waals surface area (Å²) in [7, 11) is 1.71. The molecule has 1 aromatic rings. The number of fused-ring (bicyclic) bond motifs is 1. The van der Waals surface area contributed by atoms with Crippen molar-refractivity contribution >= 4 is 6.08 Å². The minimum Gasteiger partial charge on any atom is -0.374 e. The van der Waals surface area contributed by atoms with Crippen LogP contribution in [0.15, 0.2) is 5.57 Å². The Morgan fingerprint density at radius 3 is 2.69 bits per heavy atom. The molecular weight excluding hydrogens is 200 g/mol. The number of nitrogens with zero attached hydrogens (tertiary/aromatic N) is 1. The number of rotatable bonds is 3. The Morgan fingerprint density at radius 2 is 2.06 bits per heavy atom. The van der Waals surface area contributed by atoms with Gasteiger partial charge in [-0.1, -0.05) is 19.4 Å². The summed E-state index contributed by atoms with van der Waals surface area (Å²) in [4.78, 5) is 7.96. The third-order valence-electron chi connectivity index (χ3n) is 3.30. The fourth-order valence-electron chi connectivity index (χ4n) is 2.03. The lowest BCUT2D eigenvalue weighted by Crippen LogP contribution is -2.03. The Labute approximate surface area is 96.9 Å². The molecule has 0 saturated heterocycles. The van der Waals surface area contributed by atoms with E-state index in [0.29, 0.717) is 5.92 Å². The van der Waals surface area contributed by atoms with Crippen LogP contribution in [-0.4, -0.2) is 17.1 Å². The van der Waals surface area contributed by atoms with Crippen LogP contribution < -0.4 is 0 Å². The topological polar surface area (TPSA) is 37.9 Å². The summed E-state index contributed by atoms with van der Waals surface area (Å²) in [5.74, 6) is 1.56. The quantitative estimate of drug-likeness (QED) is 0.850. The molecule has 3 nitrogen and oxygen atoms in total. The third-order valence-corrected chi connectivity index (χ3v) is 3.30. The number of aryl methyl sites for hydroxylation is 1. The highest BCUT2D eigenvalue weighted by molar-refractivity contribution is 5.55. The second kappa shape index (κ2) is 4.42. The number of H-pyrrole nitrogens is 1. The van der Waals surface area contributed by atoms with E-state index >= 15 is 0 Å². The number of hydrogen-bond donors (Lipinski definition) is 1. The molecule has 1 heterocycles. The van der Waals surface area contributed by atoms with Crippen LogP contribution in [0, 0.1) is 5.92 Å². The molecule has 88 valence electrons. The first-order chi connectivity index (χ1) is 7.61. The minimum atomic E-state index is 0.0431. The van der Waals surface area contributed by atoms with Crippen LogP contribution in [0.5, 0.6) is 0 Å². The lowest BCUT2D eigenvalue weighted by Gasteiger charge is -2.15. The third kappa shape index (κ3) is 2.05. The largest absolute Gasteiger partial charge is 0.374 e. The fourth-order valence-corrected chi connectivity index (χ4v) is 2.03. The van der Waals surface area contributed by atoms with Gasteiger partial charge in [0.1, 0.15) is 11.9 Å². The maximum Gasteiger partial charge on any atom is 0.135 e. The van der Waals surface area contributed by atoms with Gasteiger partial charge in [0.05, 0.1) is 5.69 Å². The number of imidazole rings is 1. The molecule has 0 bridgehead atoms. The number of hydrogen-bond acceptors (Lipinski definition) is 2. The van der Waals surface area contributed by atoms with Crippen molar-refractivity contribution in [3.8, 4) is 0 Å². The van der Waals surface area contributed by atoms with E-state index in [1.807, 2.05) is 6.92 Å². The molecule has 0 saturated carbocycles. The van der Waals surface area contributed by atoms with Gasteiger partial charge in [0.15, 0.2) is 0 Å². The van der Waals surface area contributed by atoms with Gasteiger partial charge in [-0.3, -0.25) is 0 Å². The van der Waals surface area contributed by atoms with E-state index in [1.54, 1.807) is 7.11 Å². The molecular formula is C13H20N2O. The Bertz CT molecular complexity index is 404. The molecule has 1 aromatic heterocycles. The van der Waals surface area contributed by atoms with Crippen LogP contribution in [0.2, 0.25) is 0 Å². The molecule has 1 unspecified atom stereocenters. The predicted octanol–water partition coefficient (Wildman–Crippen LogP) is 3.10. The van der Waals surface area contributed by atoms with Crippen molar-refractivity contribution in [2.45, 2.75) is 39.7 Å². The summed E-state index contributed by atoms with van der Waals surface area (Å²) in [6.07, 6.45) is 4.49. The monoisotopic (exact) mass is 220 g/mol. The van der Waals surface area contributed by atoms with Gasteiger partial charge < -0.3 is 9.72 Å². The second-order valence-corrected chi connectivity index (χ2v) is 4.74. The van der Waals surface area contributed by atoms with Gasteiger partial charge in [-0.05, 0) is 31.8 Å². The highest BCUT2D eigenvalue weighted by Crippen LogP contribution is 2.28. The van der Waals surface area contributed by atoms with E-state index < -0.39 is 0 Å². The van der Waals surface area contributed by atoms with Crippen LogP contribution in [0.4, 0.5) is 0 Å². The summed E-state index contributed by atoms with van der Waals surface area (Å²) in [5.41, 5.74) is 3.85. The SMILES string of the molecule is COC(C)c1nc2c([nH]1)CCC(C(C)C)=C2. The molecule has 0 amide bonds. The van der Waals surface area contributed by atoms with Gasteiger partial charge in [-0.2, -0.15) is 0 Å². The molecule has 2 rings (SSSR count). The number of allylic oxidation sites excluding steroid dienone is 1. The molecule has 1 atom stereocenters. The highest BCUT2D eigenvalue weighted by atomic mass is 16.5. The number of nitrogens with one attached hydrogen (secondary N) is 1. The van der Waals surface area contributed by atoms with Gasteiger partial charge in [0.25, 0.3) is 0 Å². The number of aromatic amines is 1. The molecule has 1 aliphatic carbocycles. The molecule has 1 N–H and O–H groups in total. The van der Waals surface area contributed by atoms with E-state index in [1.165, 1.54) is 11.3 Å². The van der Waals surface area contributed by atoms with E-state index in [0.717, 1.165) is 24.4 Å². The van der Waals surface area contributed by atoms with E-state index in [2.05, 4.69) is 29.9 Å². The van der Waals surface area contributed by atoms with Crippen molar-refractivity contribution in [1.82, 2.24) is 9.97 Å². The van der Waals surface area contributed by atoms with Crippen molar-refractivity contribution in [3.63, 3.8) is 0 Å². The average Bonchev–Trinajstić information content (AvgIpc) is 2.70. The summed E-state index contributed by atoms with van der Waals surface area (Å²) in [6, 6.07) is 0. The summed E-state index contributed by atoms with van der Waals surface area (Å²) < 4.78 is 5.27. The van der Waals surface area contributed by atoms with Crippen molar-refractivity contribution < 1.29 is 4.74 Å². The second-order valence-electron chi connectivity index (χ2n) is 4.74. The number of aromatic nitrogens is 2. The maximum absolute atomic E-state index is 5.27.